The molecular weight excluding hydrogens is 1880 g/mol. The number of benzene rings is 3. The number of carbonyl (C=O) groups is 18. The topological polar surface area (TPSA) is 723 Å². The lowest BCUT2D eigenvalue weighted by molar-refractivity contribution is -0.161. The number of amides is 11. The van der Waals surface area contributed by atoms with Crippen molar-refractivity contribution in [3.8, 4) is 5.75 Å². The van der Waals surface area contributed by atoms with Gasteiger partial charge in [0, 0.05) is 79.1 Å². The number of thiazole rings is 1. The van der Waals surface area contributed by atoms with Crippen LogP contribution < -0.4 is 63.7 Å². The minimum Gasteiger partial charge on any atom is -0.508 e. The quantitative estimate of drug-likeness (QED) is 0.00702. The number of ether oxygens (including phenoxy) is 3. The molecule has 1 aromatic heterocycles. The standard InChI is InChI=1S/C82H115N17O31S5/c1-9-13-71(113)129-44-99(80(120)72(46(5)10-2)93-78(119)61-14-11-12-27-96(61)8)62(45(3)4)37-63(130-48(7)100)79-92-59(42-131-79)77(118)87-52(33-49-15-21-53(101)22-16-49)32-47(6)73(114)94-95-82(123)128-30-31-132-133-43-60(81(121)122)91-76(117)58(36-69(109)110)90-75(116)57(35-68(107)108)89-74(115)56(34-67(105)106)88-66(104)40-97(38-64(102)85-50-17-23-54(24-18-50)134(83,124)125)28-29-98(41-70(111)112)39-65(103)86-51-19-25-55(26-20-51)135(84,126)127/h15-26,42,45-47,52,56-58,60-63,72,101H,9-14,27-41,43-44H2,1-8H3,(H,85,102)(H,86,103)(H,87,118)(H,88,104)(H,89,115)(H,90,116)(H,91,117)(H,93,119)(H,94,114)(H,95,123)(H,105,106)(H,107,108)(H,109,110)(H,111,112)(H,121,122)(H2,83,124,125)(H2,84,126,127)/t46?,47-,52+,56-,57-,58-,60-,61+,62+,63+,72-/m0/s1. The van der Waals surface area contributed by atoms with Crippen molar-refractivity contribution in [3.63, 3.8) is 0 Å². The van der Waals surface area contributed by atoms with Crippen LogP contribution in [0.3, 0.4) is 0 Å². The number of carbonyl (C=O) groups excluding carboxylic acids is 13. The Bertz CT molecular complexity index is 5060. The molecule has 4 aromatic rings. The van der Waals surface area contributed by atoms with Gasteiger partial charge in [-0.2, -0.15) is 0 Å². The third kappa shape index (κ3) is 40.8. The molecule has 0 aliphatic carbocycles. The van der Waals surface area contributed by atoms with Crippen LogP contribution in [0, 0.1) is 17.8 Å². The number of hydrazine groups is 1. The van der Waals surface area contributed by atoms with Gasteiger partial charge in [-0.3, -0.25) is 96.8 Å². The van der Waals surface area contributed by atoms with Crippen molar-refractivity contribution >= 4 is 171 Å². The molecule has 1 aliphatic heterocycles. The number of nitrogens with one attached hydrogen (secondary N) is 10. The molecule has 48 nitrogen and oxygen atoms in total. The number of nitrogens with two attached hydrogens (primary N) is 2. The second kappa shape index (κ2) is 55.6. The fourth-order valence-corrected chi connectivity index (χ4v) is 17.3. The van der Waals surface area contributed by atoms with E-state index < -0.39 is 265 Å². The lowest BCUT2D eigenvalue weighted by Gasteiger charge is -2.39. The zero-order valence-corrected chi connectivity index (χ0v) is 79.1. The summed E-state index contributed by atoms with van der Waals surface area (Å²) in [5.41, 5.74) is 4.85. The summed E-state index contributed by atoms with van der Waals surface area (Å²) in [6.07, 6.45) is -3.10. The summed E-state index contributed by atoms with van der Waals surface area (Å²) < 4.78 is 63.9. The van der Waals surface area contributed by atoms with Gasteiger partial charge in [0.2, 0.25) is 73.2 Å². The monoisotopic (exact) mass is 1990 g/mol. The SMILES string of the molecule is CCCC(=O)OCN(C(=O)[C@@H](NC(=O)[C@H]1CCCCN1C)C(C)CC)[C@H](C[C@@H](OC(C)=O)c1nc(C(=O)N[C@@H](Cc2ccc(O)cc2)C[C@H](C)C(=O)NNC(=O)OCCSSC[C@H](NC(=O)[C@H](CC(=O)O)NC(=O)[C@H](CC(=O)O)NC(=O)[C@H](CC(=O)O)NC(=O)CN(CCN(CC(=O)O)CC(=O)Nc2ccc(S(N)(=O)=O)cc2)CC(=O)Nc2ccc(S(N)(=O)=O)cc2)C(=O)O)cs1)C(C)C. The number of phenolic OH excluding ortho intramolecular Hbond substituents is 1. The lowest BCUT2D eigenvalue weighted by atomic mass is 9.92. The van der Waals surface area contributed by atoms with Crippen LogP contribution >= 0.6 is 32.9 Å². The van der Waals surface area contributed by atoms with Crippen molar-refractivity contribution in [2.24, 2.45) is 28.0 Å². The van der Waals surface area contributed by atoms with E-state index in [2.05, 4.69) is 42.4 Å². The van der Waals surface area contributed by atoms with Gasteiger partial charge in [-0.25, -0.2) is 47.1 Å². The molecule has 135 heavy (non-hydrogen) atoms. The maximum Gasteiger partial charge on any atom is 0.426 e. The highest BCUT2D eigenvalue weighted by molar-refractivity contribution is 8.76. The molecule has 2 heterocycles. The number of likely N-dealkylation sites (N-methyl/N-ethyl adjacent to an activating group) is 1. The zero-order valence-electron chi connectivity index (χ0n) is 75.0. The van der Waals surface area contributed by atoms with Gasteiger partial charge in [-0.1, -0.05) is 88.1 Å². The molecule has 1 saturated heterocycles. The second-order valence-corrected chi connectivity index (χ2v) is 38.4. The number of primary sulfonamides is 2. The number of rotatable bonds is 57. The Hall–Kier alpha value is -12.3. The van der Waals surface area contributed by atoms with Crippen LogP contribution in [0.5, 0.6) is 5.75 Å². The predicted octanol–water partition coefficient (Wildman–Crippen LogP) is 0.227. The Morgan fingerprint density at radius 3 is 1.61 bits per heavy atom. The fraction of sp³-hybridized carbons (Fsp3) is 0.524. The number of hydrogen-bond donors (Lipinski definition) is 18. The summed E-state index contributed by atoms with van der Waals surface area (Å²) in [4.78, 5) is 248. The first-order valence-corrected chi connectivity index (χ1v) is 48.7. The number of aliphatic carboxylic acids is 5. The predicted molar refractivity (Wildman–Crippen MR) is 484 cm³/mol. The highest BCUT2D eigenvalue weighted by Crippen LogP contribution is 2.33. The second-order valence-electron chi connectivity index (χ2n) is 31.8. The summed E-state index contributed by atoms with van der Waals surface area (Å²) in [6, 6.07) is 3.02. The summed E-state index contributed by atoms with van der Waals surface area (Å²) in [6.45, 7) is 7.35. The van der Waals surface area contributed by atoms with E-state index in [4.69, 9.17) is 24.5 Å². The number of hydrogen-bond acceptors (Lipinski definition) is 33. The zero-order chi connectivity index (χ0) is 101. The van der Waals surface area contributed by atoms with Crippen LogP contribution in [-0.2, 0) is 117 Å². The molecule has 0 saturated carbocycles. The number of carboxylic acid groups (broad SMARTS) is 5. The van der Waals surface area contributed by atoms with Crippen LogP contribution in [-0.4, -0.2) is 305 Å². The van der Waals surface area contributed by atoms with Crippen molar-refractivity contribution in [1.82, 2.24) is 67.3 Å². The van der Waals surface area contributed by atoms with Crippen molar-refractivity contribution in [1.29, 1.82) is 0 Å². The maximum atomic E-state index is 15.1. The van der Waals surface area contributed by atoms with E-state index in [-0.39, 0.29) is 80.9 Å². The van der Waals surface area contributed by atoms with Crippen LogP contribution in [0.4, 0.5) is 16.2 Å². The summed E-state index contributed by atoms with van der Waals surface area (Å²) >= 11 is 0.978. The van der Waals surface area contributed by atoms with Crippen molar-refractivity contribution < 1.29 is 148 Å². The van der Waals surface area contributed by atoms with E-state index in [0.29, 0.717) is 31.4 Å². The Morgan fingerprint density at radius 1 is 0.607 bits per heavy atom. The largest absolute Gasteiger partial charge is 0.508 e. The highest BCUT2D eigenvalue weighted by Gasteiger charge is 2.41. The molecule has 1 aliphatic rings. The Morgan fingerprint density at radius 2 is 1.13 bits per heavy atom. The molecule has 53 heteroatoms. The third-order valence-electron chi connectivity index (χ3n) is 20.6. The van der Waals surface area contributed by atoms with Gasteiger partial charge in [0.05, 0.1) is 61.3 Å². The summed E-state index contributed by atoms with van der Waals surface area (Å²) in [5.74, 6) is -22.4. The average molecular weight is 2000 g/mol. The van der Waals surface area contributed by atoms with Gasteiger partial charge in [-0.15, -0.1) is 11.3 Å². The number of likely N-dealkylation sites (tertiary alicyclic amines) is 1. The molecule has 11 amide bonds. The minimum atomic E-state index is -4.19. The number of nitrogens with zero attached hydrogens (tertiary/aromatic N) is 5. The van der Waals surface area contributed by atoms with Crippen LogP contribution in [0.1, 0.15) is 146 Å². The van der Waals surface area contributed by atoms with Crippen LogP contribution in [0.25, 0.3) is 0 Å². The number of aromatic nitrogens is 1. The van der Waals surface area contributed by atoms with Crippen LogP contribution in [0.2, 0.25) is 0 Å². The van der Waals surface area contributed by atoms with Crippen molar-refractivity contribution in [2.45, 2.75) is 190 Å². The molecule has 5 rings (SSSR count). The third-order valence-corrected chi connectivity index (χ3v) is 25.7. The summed E-state index contributed by atoms with van der Waals surface area (Å²) in [5, 5.41) is 90.0. The lowest BCUT2D eigenvalue weighted by Crippen LogP contribution is -2.59. The van der Waals surface area contributed by atoms with E-state index >= 15 is 4.79 Å². The molecule has 0 bridgehead atoms. The van der Waals surface area contributed by atoms with Gasteiger partial charge in [0.15, 0.2) is 12.8 Å². The van der Waals surface area contributed by atoms with E-state index in [1.807, 2.05) is 55.6 Å². The Labute approximate surface area is 788 Å². The van der Waals surface area contributed by atoms with Crippen LogP contribution in [0.15, 0.2) is 88.0 Å². The van der Waals surface area contributed by atoms with Gasteiger partial charge >= 0.3 is 47.9 Å². The molecular formula is C82H115N17O31S5. The average Bonchev–Trinajstić information content (AvgIpc) is 1.80. The van der Waals surface area contributed by atoms with Crippen molar-refractivity contribution in [3.05, 3.63) is 94.4 Å². The number of piperidine rings is 1. The molecule has 744 valence electrons. The number of aromatic hydroxyl groups is 1. The number of phenols is 1. The normalized spacial score (nSPS) is 15.0. The Kier molecular flexibility index (Phi) is 46.6. The molecule has 11 atom stereocenters. The molecule has 20 N–H and O–H groups in total. The van der Waals surface area contributed by atoms with Gasteiger partial charge in [0.25, 0.3) is 5.91 Å². The molecule has 3 aromatic carbocycles. The highest BCUT2D eigenvalue weighted by atomic mass is 33.1. The number of anilines is 2. The molecule has 1 unspecified atom stereocenters. The number of carboxylic acids is 5. The summed E-state index contributed by atoms with van der Waals surface area (Å²) in [7, 11) is -4.81. The molecule has 0 radical (unpaired) electrons. The van der Waals surface area contributed by atoms with E-state index in [9.17, 15) is 129 Å². The fourth-order valence-electron chi connectivity index (χ4n) is 13.4. The van der Waals surface area contributed by atoms with E-state index in [0.717, 1.165) is 92.0 Å². The van der Waals surface area contributed by atoms with Gasteiger partial charge in [-0.05, 0) is 124 Å². The van der Waals surface area contributed by atoms with E-state index in [1.54, 1.807) is 19.1 Å². The minimum absolute atomic E-state index is 0.0145. The van der Waals surface area contributed by atoms with Gasteiger partial charge in [0.1, 0.15) is 53.3 Å². The molecule has 0 spiro atoms. The number of esters is 2. The maximum absolute atomic E-state index is 15.1. The van der Waals surface area contributed by atoms with E-state index in [1.165, 1.54) is 48.4 Å². The van der Waals surface area contributed by atoms with Crippen molar-refractivity contribution in [2.75, 3.05) is 88.3 Å². The Balaban J connectivity index is 1.20. The van der Waals surface area contributed by atoms with Gasteiger partial charge < -0.3 is 92.3 Å². The smallest absolute Gasteiger partial charge is 0.426 e. The number of sulfonamides is 2. The first-order valence-electron chi connectivity index (χ1n) is 42.2. The first-order chi connectivity index (χ1) is 63.4. The first kappa shape index (κ1) is 113. The molecule has 1 fully saturated rings.